The molecule has 0 N–H and O–H groups in total. The Kier molecular flexibility index (Phi) is 4.20. The van der Waals surface area contributed by atoms with E-state index in [1.54, 1.807) is 11.2 Å². The van der Waals surface area contributed by atoms with Crippen molar-refractivity contribution in [3.05, 3.63) is 23.7 Å². The van der Waals surface area contributed by atoms with Crippen molar-refractivity contribution in [3.8, 4) is 0 Å². The highest BCUT2D eigenvalue weighted by Gasteiger charge is 2.21. The molecular formula is C13H19NO3. The summed E-state index contributed by atoms with van der Waals surface area (Å²) < 4.78 is 10.6. The number of hydrogen-bond acceptors (Lipinski definition) is 3. The summed E-state index contributed by atoms with van der Waals surface area (Å²) in [5, 5.41) is 0. The smallest absolute Gasteiger partial charge is 0.289 e. The quantitative estimate of drug-likeness (QED) is 0.805. The van der Waals surface area contributed by atoms with Gasteiger partial charge in [-0.25, -0.2) is 0 Å². The summed E-state index contributed by atoms with van der Waals surface area (Å²) in [4.78, 5) is 13.8. The molecule has 0 saturated carbocycles. The van der Waals surface area contributed by atoms with Crippen LogP contribution in [0.15, 0.2) is 16.7 Å². The van der Waals surface area contributed by atoms with Gasteiger partial charge in [0, 0.05) is 13.1 Å². The lowest BCUT2D eigenvalue weighted by Crippen LogP contribution is -2.40. The van der Waals surface area contributed by atoms with Gasteiger partial charge in [-0.15, -0.1) is 0 Å². The van der Waals surface area contributed by atoms with Gasteiger partial charge in [-0.1, -0.05) is 13.3 Å². The van der Waals surface area contributed by atoms with E-state index in [9.17, 15) is 4.79 Å². The Morgan fingerprint density at radius 3 is 2.88 bits per heavy atom. The average molecular weight is 237 g/mol. The summed E-state index contributed by atoms with van der Waals surface area (Å²) in [5.74, 6) is 0.439. The molecule has 1 amide bonds. The Labute approximate surface area is 102 Å². The zero-order chi connectivity index (χ0) is 12.1. The second-order valence-electron chi connectivity index (χ2n) is 4.33. The topological polar surface area (TPSA) is 42.7 Å². The average Bonchev–Trinajstić information content (AvgIpc) is 2.85. The van der Waals surface area contributed by atoms with Crippen molar-refractivity contribution in [1.82, 2.24) is 4.90 Å². The van der Waals surface area contributed by atoms with Gasteiger partial charge < -0.3 is 14.1 Å². The Balaban J connectivity index is 1.96. The molecule has 0 atom stereocenters. The summed E-state index contributed by atoms with van der Waals surface area (Å²) in [7, 11) is 0. The fraction of sp³-hybridized carbons (Fsp3) is 0.615. The first-order chi connectivity index (χ1) is 8.31. The summed E-state index contributed by atoms with van der Waals surface area (Å²) in [5.41, 5.74) is 1.11. The van der Waals surface area contributed by atoms with Crippen molar-refractivity contribution < 1.29 is 13.9 Å². The number of morpholine rings is 1. The van der Waals surface area contributed by atoms with E-state index in [2.05, 4.69) is 6.92 Å². The number of furan rings is 1. The Morgan fingerprint density at radius 1 is 1.41 bits per heavy atom. The summed E-state index contributed by atoms with van der Waals surface area (Å²) >= 11 is 0. The van der Waals surface area contributed by atoms with E-state index in [1.807, 2.05) is 6.07 Å². The van der Waals surface area contributed by atoms with Gasteiger partial charge >= 0.3 is 0 Å². The SMILES string of the molecule is CCCCc1coc(C(=O)N2CCOCC2)c1. The Hall–Kier alpha value is -1.29. The number of carbonyl (C=O) groups excluding carboxylic acids is 1. The summed E-state index contributed by atoms with van der Waals surface area (Å²) in [6.45, 7) is 4.71. The predicted molar refractivity (Wildman–Crippen MR) is 64.0 cm³/mol. The molecule has 94 valence electrons. The number of unbranched alkanes of at least 4 members (excludes halogenated alkanes) is 1. The van der Waals surface area contributed by atoms with Crippen LogP contribution in [0.4, 0.5) is 0 Å². The highest BCUT2D eigenvalue weighted by Crippen LogP contribution is 2.14. The van der Waals surface area contributed by atoms with Crippen molar-refractivity contribution >= 4 is 5.91 Å². The molecule has 0 aliphatic carbocycles. The van der Waals surface area contributed by atoms with E-state index in [4.69, 9.17) is 9.15 Å². The molecule has 1 aliphatic heterocycles. The van der Waals surface area contributed by atoms with Gasteiger partial charge in [-0.3, -0.25) is 4.79 Å². The third-order valence-corrected chi connectivity index (χ3v) is 2.98. The van der Waals surface area contributed by atoms with E-state index in [-0.39, 0.29) is 5.91 Å². The maximum atomic E-state index is 12.1. The second-order valence-corrected chi connectivity index (χ2v) is 4.33. The maximum absolute atomic E-state index is 12.1. The minimum atomic E-state index is -0.0175. The fourth-order valence-electron chi connectivity index (χ4n) is 1.92. The van der Waals surface area contributed by atoms with Crippen LogP contribution in [0, 0.1) is 0 Å². The molecule has 1 fully saturated rings. The van der Waals surface area contributed by atoms with Crippen LogP contribution in [0.25, 0.3) is 0 Å². The number of carbonyl (C=O) groups is 1. The van der Waals surface area contributed by atoms with Crippen LogP contribution in [-0.2, 0) is 11.2 Å². The second kappa shape index (κ2) is 5.87. The molecule has 4 heteroatoms. The number of amides is 1. The molecule has 1 saturated heterocycles. The lowest BCUT2D eigenvalue weighted by molar-refractivity contribution is 0.0283. The van der Waals surface area contributed by atoms with Crippen LogP contribution in [0.2, 0.25) is 0 Å². The van der Waals surface area contributed by atoms with Crippen LogP contribution in [0.3, 0.4) is 0 Å². The first kappa shape index (κ1) is 12.2. The van der Waals surface area contributed by atoms with Gasteiger partial charge in [0.2, 0.25) is 0 Å². The van der Waals surface area contributed by atoms with Crippen LogP contribution in [-0.4, -0.2) is 37.1 Å². The van der Waals surface area contributed by atoms with Gasteiger partial charge in [-0.05, 0) is 24.5 Å². The predicted octanol–water partition coefficient (Wildman–Crippen LogP) is 2.09. The molecular weight excluding hydrogens is 218 g/mol. The normalized spacial score (nSPS) is 16.2. The molecule has 0 unspecified atom stereocenters. The fourth-order valence-corrected chi connectivity index (χ4v) is 1.92. The van der Waals surface area contributed by atoms with E-state index in [0.29, 0.717) is 32.1 Å². The minimum Gasteiger partial charge on any atom is -0.459 e. The highest BCUT2D eigenvalue weighted by atomic mass is 16.5. The standard InChI is InChI=1S/C13H19NO3/c1-2-3-4-11-9-12(17-10-11)13(15)14-5-7-16-8-6-14/h9-10H,2-8H2,1H3. The van der Waals surface area contributed by atoms with E-state index < -0.39 is 0 Å². The lowest BCUT2D eigenvalue weighted by atomic mass is 10.1. The summed E-state index contributed by atoms with van der Waals surface area (Å²) in [6, 6.07) is 1.87. The zero-order valence-corrected chi connectivity index (χ0v) is 10.3. The largest absolute Gasteiger partial charge is 0.459 e. The number of aryl methyl sites for hydroxylation is 1. The monoisotopic (exact) mass is 237 g/mol. The third kappa shape index (κ3) is 3.09. The van der Waals surface area contributed by atoms with Gasteiger partial charge in [0.15, 0.2) is 5.76 Å². The van der Waals surface area contributed by atoms with Gasteiger partial charge in [0.25, 0.3) is 5.91 Å². The van der Waals surface area contributed by atoms with E-state index in [1.165, 1.54) is 0 Å². The zero-order valence-electron chi connectivity index (χ0n) is 10.3. The van der Waals surface area contributed by atoms with E-state index in [0.717, 1.165) is 24.8 Å². The number of rotatable bonds is 4. The lowest BCUT2D eigenvalue weighted by Gasteiger charge is -2.25. The van der Waals surface area contributed by atoms with Crippen LogP contribution >= 0.6 is 0 Å². The molecule has 0 aromatic carbocycles. The van der Waals surface area contributed by atoms with Crippen molar-refractivity contribution in [2.75, 3.05) is 26.3 Å². The van der Waals surface area contributed by atoms with Gasteiger partial charge in [0.05, 0.1) is 19.5 Å². The first-order valence-electron chi connectivity index (χ1n) is 6.25. The molecule has 4 nitrogen and oxygen atoms in total. The molecule has 1 aliphatic rings. The molecule has 2 rings (SSSR count). The van der Waals surface area contributed by atoms with E-state index >= 15 is 0 Å². The van der Waals surface area contributed by atoms with Crippen LogP contribution in [0.1, 0.15) is 35.9 Å². The molecule has 17 heavy (non-hydrogen) atoms. The highest BCUT2D eigenvalue weighted by molar-refractivity contribution is 5.91. The maximum Gasteiger partial charge on any atom is 0.289 e. The third-order valence-electron chi connectivity index (χ3n) is 2.98. The van der Waals surface area contributed by atoms with Crippen molar-refractivity contribution in [2.24, 2.45) is 0 Å². The first-order valence-corrected chi connectivity index (χ1v) is 6.25. The number of hydrogen-bond donors (Lipinski definition) is 0. The molecule has 1 aromatic rings. The molecule has 0 bridgehead atoms. The summed E-state index contributed by atoms with van der Waals surface area (Å²) in [6.07, 6.45) is 4.96. The number of ether oxygens (including phenoxy) is 1. The van der Waals surface area contributed by atoms with Crippen molar-refractivity contribution in [3.63, 3.8) is 0 Å². The molecule has 2 heterocycles. The van der Waals surface area contributed by atoms with Crippen LogP contribution in [0.5, 0.6) is 0 Å². The molecule has 0 spiro atoms. The molecule has 1 aromatic heterocycles. The Morgan fingerprint density at radius 2 is 2.18 bits per heavy atom. The van der Waals surface area contributed by atoms with Gasteiger partial charge in [0.1, 0.15) is 0 Å². The van der Waals surface area contributed by atoms with Crippen LogP contribution < -0.4 is 0 Å². The minimum absolute atomic E-state index is 0.0175. The number of nitrogens with zero attached hydrogens (tertiary/aromatic N) is 1. The van der Waals surface area contributed by atoms with Crippen molar-refractivity contribution in [2.45, 2.75) is 26.2 Å². The molecule has 0 radical (unpaired) electrons. The Bertz CT molecular complexity index is 366. The van der Waals surface area contributed by atoms with Crippen molar-refractivity contribution in [1.29, 1.82) is 0 Å². The van der Waals surface area contributed by atoms with Gasteiger partial charge in [-0.2, -0.15) is 0 Å².